The minimum Gasteiger partial charge on any atom is -0.450 e. The summed E-state index contributed by atoms with van der Waals surface area (Å²) < 4.78 is 45.6. The van der Waals surface area contributed by atoms with E-state index in [1.54, 1.807) is 17.2 Å². The van der Waals surface area contributed by atoms with E-state index < -0.39 is 6.36 Å². The van der Waals surface area contributed by atoms with Crippen LogP contribution in [0.4, 0.5) is 18.0 Å². The number of aromatic nitrogens is 1. The zero-order valence-corrected chi connectivity index (χ0v) is 17.6. The third-order valence-electron chi connectivity index (χ3n) is 4.61. The van der Waals surface area contributed by atoms with Gasteiger partial charge >= 0.3 is 12.5 Å². The Labute approximate surface area is 181 Å². The van der Waals surface area contributed by atoms with Gasteiger partial charge in [0, 0.05) is 30.1 Å². The molecule has 2 amide bonds. The first-order valence-electron chi connectivity index (χ1n) is 9.75. The van der Waals surface area contributed by atoms with E-state index in [-0.39, 0.29) is 30.2 Å². The van der Waals surface area contributed by atoms with Gasteiger partial charge in [-0.15, -0.1) is 24.5 Å². The number of hydrogen-bond donors (Lipinski definition) is 1. The number of hydrogen-bond acceptors (Lipinski definition) is 6. The molecular weight excluding hydrogens is 435 g/mol. The third kappa shape index (κ3) is 6.84. The predicted octanol–water partition coefficient (Wildman–Crippen LogP) is 3.99. The monoisotopic (exact) mass is 457 g/mol. The number of alkyl halides is 3. The van der Waals surface area contributed by atoms with E-state index in [1.165, 1.54) is 35.6 Å². The molecule has 0 spiro atoms. The fourth-order valence-corrected chi connectivity index (χ4v) is 4.01. The summed E-state index contributed by atoms with van der Waals surface area (Å²) in [6.45, 7) is 3.14. The summed E-state index contributed by atoms with van der Waals surface area (Å²) in [7, 11) is 0. The second kappa shape index (κ2) is 9.99. The number of nitrogens with zero attached hydrogens (tertiary/aromatic N) is 2. The maximum Gasteiger partial charge on any atom is 0.573 e. The van der Waals surface area contributed by atoms with Gasteiger partial charge in [0.25, 0.3) is 0 Å². The zero-order chi connectivity index (χ0) is 22.4. The molecule has 1 fully saturated rings. The highest BCUT2D eigenvalue weighted by molar-refractivity contribution is 7.13. The lowest BCUT2D eigenvalue weighted by Crippen LogP contribution is -2.47. The quantitative estimate of drug-likeness (QED) is 0.710. The molecule has 0 atom stereocenters. The molecular formula is C20H22F3N3O4S. The van der Waals surface area contributed by atoms with Crippen molar-refractivity contribution in [1.82, 2.24) is 15.2 Å². The van der Waals surface area contributed by atoms with Gasteiger partial charge in [-0.25, -0.2) is 9.78 Å². The molecule has 1 aliphatic heterocycles. The number of amides is 2. The minimum atomic E-state index is -4.74. The van der Waals surface area contributed by atoms with E-state index in [9.17, 15) is 22.8 Å². The number of benzene rings is 1. The number of halogens is 3. The Morgan fingerprint density at radius 3 is 2.52 bits per heavy atom. The van der Waals surface area contributed by atoms with Crippen LogP contribution in [0.5, 0.6) is 5.75 Å². The van der Waals surface area contributed by atoms with E-state index in [4.69, 9.17) is 4.74 Å². The molecule has 1 N–H and O–H groups in total. The zero-order valence-electron chi connectivity index (χ0n) is 16.8. The summed E-state index contributed by atoms with van der Waals surface area (Å²) in [4.78, 5) is 30.1. The number of carbonyl (C=O) groups is 2. The molecule has 2 heterocycles. The molecule has 3 rings (SSSR count). The minimum absolute atomic E-state index is 0.0162. The van der Waals surface area contributed by atoms with Gasteiger partial charge in [-0.05, 0) is 44.0 Å². The lowest BCUT2D eigenvalue weighted by molar-refractivity contribution is -0.274. The lowest BCUT2D eigenvalue weighted by Gasteiger charge is -2.31. The lowest BCUT2D eigenvalue weighted by atomic mass is 10.1. The van der Waals surface area contributed by atoms with Crippen molar-refractivity contribution in [3.05, 3.63) is 35.3 Å². The number of piperidine rings is 1. The molecule has 7 nitrogen and oxygen atoms in total. The van der Waals surface area contributed by atoms with Gasteiger partial charge in [0.2, 0.25) is 5.91 Å². The van der Waals surface area contributed by atoms with E-state index in [0.717, 1.165) is 0 Å². The first kappa shape index (κ1) is 22.9. The Hall–Kier alpha value is -2.82. The molecule has 0 unspecified atom stereocenters. The average Bonchev–Trinajstić information content (AvgIpc) is 3.16. The van der Waals surface area contributed by atoms with Crippen LogP contribution in [0.15, 0.2) is 29.6 Å². The normalized spacial score (nSPS) is 14.9. The Bertz CT molecular complexity index is 894. The fraction of sp³-hybridized carbons (Fsp3) is 0.450. The average molecular weight is 457 g/mol. The number of nitrogens with one attached hydrogen (secondary N) is 1. The van der Waals surface area contributed by atoms with E-state index in [1.807, 2.05) is 0 Å². The van der Waals surface area contributed by atoms with Crippen LogP contribution in [0, 0.1) is 0 Å². The van der Waals surface area contributed by atoms with E-state index >= 15 is 0 Å². The fourth-order valence-electron chi connectivity index (χ4n) is 3.18. The molecule has 1 aliphatic rings. The van der Waals surface area contributed by atoms with Crippen molar-refractivity contribution in [1.29, 1.82) is 0 Å². The highest BCUT2D eigenvalue weighted by atomic mass is 32.1. The molecule has 0 aliphatic carbocycles. The number of rotatable bonds is 6. The van der Waals surface area contributed by atoms with Crippen LogP contribution in [0.3, 0.4) is 0 Å². The Balaban J connectivity index is 1.48. The van der Waals surface area contributed by atoms with Crippen LogP contribution in [0.2, 0.25) is 0 Å². The van der Waals surface area contributed by atoms with Crippen molar-refractivity contribution < 1.29 is 32.2 Å². The smallest absolute Gasteiger partial charge is 0.450 e. The first-order chi connectivity index (χ1) is 14.7. The van der Waals surface area contributed by atoms with Crippen LogP contribution >= 0.6 is 11.3 Å². The number of ether oxygens (including phenoxy) is 2. The summed E-state index contributed by atoms with van der Waals surface area (Å²) in [5, 5.41) is 5.31. The first-order valence-corrected chi connectivity index (χ1v) is 10.6. The predicted molar refractivity (Wildman–Crippen MR) is 108 cm³/mol. The standard InChI is InChI=1S/C20H22F3N3O4S/c1-2-29-19(28)26-9-7-14(8-10-26)24-17(27)11-15-12-31-18(25-15)13-3-5-16(6-4-13)30-20(21,22)23/h3-6,12,14H,2,7-11H2,1H3,(H,24,27). The van der Waals surface area contributed by atoms with E-state index in [0.29, 0.717) is 48.8 Å². The molecule has 0 radical (unpaired) electrons. The van der Waals surface area contributed by atoms with Gasteiger partial charge in [0.15, 0.2) is 0 Å². The molecule has 0 saturated carbocycles. The SMILES string of the molecule is CCOC(=O)N1CCC(NC(=O)Cc2csc(-c3ccc(OC(F)(F)F)cc3)n2)CC1. The van der Waals surface area contributed by atoms with Crippen LogP contribution in [0.25, 0.3) is 10.6 Å². The van der Waals surface area contributed by atoms with Crippen molar-refractivity contribution in [3.8, 4) is 16.3 Å². The third-order valence-corrected chi connectivity index (χ3v) is 5.55. The second-order valence-corrected chi connectivity index (χ2v) is 7.78. The number of likely N-dealkylation sites (tertiary alicyclic amines) is 1. The Morgan fingerprint density at radius 2 is 1.90 bits per heavy atom. The maximum atomic E-state index is 12.3. The maximum absolute atomic E-state index is 12.3. The Morgan fingerprint density at radius 1 is 1.23 bits per heavy atom. The van der Waals surface area contributed by atoms with Gasteiger partial charge in [-0.3, -0.25) is 4.79 Å². The van der Waals surface area contributed by atoms with Gasteiger partial charge in [-0.1, -0.05) is 0 Å². The molecule has 31 heavy (non-hydrogen) atoms. The van der Waals surface area contributed by atoms with Crippen LogP contribution < -0.4 is 10.1 Å². The van der Waals surface area contributed by atoms with Crippen molar-refractivity contribution >= 4 is 23.3 Å². The van der Waals surface area contributed by atoms with Crippen LogP contribution in [-0.2, 0) is 16.0 Å². The van der Waals surface area contributed by atoms with Gasteiger partial charge in [0.1, 0.15) is 10.8 Å². The van der Waals surface area contributed by atoms with Gasteiger partial charge in [0.05, 0.1) is 18.7 Å². The largest absolute Gasteiger partial charge is 0.573 e. The molecule has 11 heteroatoms. The van der Waals surface area contributed by atoms with Crippen molar-refractivity contribution in [2.45, 2.75) is 38.6 Å². The molecule has 1 saturated heterocycles. The summed E-state index contributed by atoms with van der Waals surface area (Å²) in [6, 6.07) is 5.40. The number of thiazole rings is 1. The van der Waals surface area contributed by atoms with Crippen LogP contribution in [0.1, 0.15) is 25.5 Å². The van der Waals surface area contributed by atoms with Crippen LogP contribution in [-0.4, -0.2) is 54.0 Å². The molecule has 0 bridgehead atoms. The van der Waals surface area contributed by atoms with Crippen molar-refractivity contribution in [2.24, 2.45) is 0 Å². The van der Waals surface area contributed by atoms with Gasteiger partial charge in [-0.2, -0.15) is 0 Å². The highest BCUT2D eigenvalue weighted by Crippen LogP contribution is 2.28. The van der Waals surface area contributed by atoms with Crippen molar-refractivity contribution in [2.75, 3.05) is 19.7 Å². The summed E-state index contributed by atoms with van der Waals surface area (Å²) in [5.41, 5.74) is 1.22. The highest BCUT2D eigenvalue weighted by Gasteiger charge is 2.31. The van der Waals surface area contributed by atoms with Gasteiger partial charge < -0.3 is 19.7 Å². The summed E-state index contributed by atoms with van der Waals surface area (Å²) in [5.74, 6) is -0.471. The van der Waals surface area contributed by atoms with Crippen molar-refractivity contribution in [3.63, 3.8) is 0 Å². The summed E-state index contributed by atoms with van der Waals surface area (Å²) in [6.07, 6.45) is -3.67. The molecule has 1 aromatic carbocycles. The Kier molecular flexibility index (Phi) is 7.37. The van der Waals surface area contributed by atoms with E-state index in [2.05, 4.69) is 15.0 Å². The second-order valence-electron chi connectivity index (χ2n) is 6.92. The summed E-state index contributed by atoms with van der Waals surface area (Å²) >= 11 is 1.31. The number of carbonyl (C=O) groups excluding carboxylic acids is 2. The topological polar surface area (TPSA) is 80.8 Å². The molecule has 2 aromatic rings. The molecule has 1 aromatic heterocycles. The molecule has 168 valence electrons.